The molecule has 0 radical (unpaired) electrons. The van der Waals surface area contributed by atoms with Gasteiger partial charge in [-0.25, -0.2) is 19.3 Å². The third-order valence-corrected chi connectivity index (χ3v) is 5.58. The number of benzene rings is 1. The maximum Gasteiger partial charge on any atom is 0.252 e. The number of aromatic nitrogens is 5. The van der Waals surface area contributed by atoms with Crippen LogP contribution in [0.25, 0.3) is 22.3 Å². The Morgan fingerprint density at radius 2 is 1.86 bits per heavy atom. The fraction of sp³-hybridized carbons (Fsp3) is 0.115. The van der Waals surface area contributed by atoms with Crippen LogP contribution in [0, 0.1) is 11.3 Å². The highest BCUT2D eigenvalue weighted by Gasteiger charge is 2.17. The Morgan fingerprint density at radius 3 is 2.49 bits per heavy atom. The van der Waals surface area contributed by atoms with Crippen LogP contribution in [0.2, 0.25) is 5.02 Å². The summed E-state index contributed by atoms with van der Waals surface area (Å²) in [6.07, 6.45) is 5.40. The summed E-state index contributed by atoms with van der Waals surface area (Å²) < 4.78 is 18.4. The number of fused-ring (bicyclic) bond motifs is 1. The van der Waals surface area contributed by atoms with Gasteiger partial charge in [-0.2, -0.15) is 5.26 Å². The zero-order valence-corrected chi connectivity index (χ0v) is 19.7. The first-order chi connectivity index (χ1) is 16.9. The van der Waals surface area contributed by atoms with Crippen LogP contribution < -0.4 is 5.56 Å². The number of nitrogens with zero attached hydrogens (tertiary/aromatic N) is 6. The molecule has 5 rings (SSSR count). The van der Waals surface area contributed by atoms with Gasteiger partial charge < -0.3 is 4.57 Å². The fourth-order valence-electron chi connectivity index (χ4n) is 3.49. The predicted octanol–water partition coefficient (Wildman–Crippen LogP) is 5.00. The third-order valence-electron chi connectivity index (χ3n) is 5.33. The van der Waals surface area contributed by atoms with E-state index in [1.807, 2.05) is 23.9 Å². The number of rotatable bonds is 3. The summed E-state index contributed by atoms with van der Waals surface area (Å²) in [4.78, 5) is 24.8. The molecular formula is C26H20ClFN6O. The smallest absolute Gasteiger partial charge is 0.252 e. The SMILES string of the molecule is Cn1c(=O)cc(-c2cccc(C#N)n2)c2cc(C(F)c3ccc(Cl)cc3)cnc21.Cn1ccnc1. The van der Waals surface area contributed by atoms with E-state index in [0.29, 0.717) is 38.4 Å². The van der Waals surface area contributed by atoms with Crippen LogP contribution in [0.5, 0.6) is 0 Å². The lowest BCUT2D eigenvalue weighted by Crippen LogP contribution is -2.17. The van der Waals surface area contributed by atoms with Crippen LogP contribution in [0.1, 0.15) is 23.0 Å². The Hall–Kier alpha value is -4.35. The second-order valence-electron chi connectivity index (χ2n) is 7.76. The summed E-state index contributed by atoms with van der Waals surface area (Å²) >= 11 is 5.89. The molecule has 5 aromatic rings. The van der Waals surface area contributed by atoms with Crippen LogP contribution in [0.4, 0.5) is 4.39 Å². The number of hydrogen-bond donors (Lipinski definition) is 0. The molecule has 4 heterocycles. The van der Waals surface area contributed by atoms with E-state index in [1.54, 1.807) is 68.1 Å². The lowest BCUT2D eigenvalue weighted by molar-refractivity contribution is 0.401. The highest BCUT2D eigenvalue weighted by atomic mass is 35.5. The predicted molar refractivity (Wildman–Crippen MR) is 133 cm³/mol. The van der Waals surface area contributed by atoms with Crippen LogP contribution in [0.15, 0.2) is 84.3 Å². The van der Waals surface area contributed by atoms with Crippen molar-refractivity contribution in [2.45, 2.75) is 6.17 Å². The van der Waals surface area contributed by atoms with E-state index in [9.17, 15) is 4.79 Å². The Kier molecular flexibility index (Phi) is 6.99. The van der Waals surface area contributed by atoms with Crippen molar-refractivity contribution in [1.82, 2.24) is 24.1 Å². The van der Waals surface area contributed by atoms with Gasteiger partial charge >= 0.3 is 0 Å². The average molecular weight is 487 g/mol. The van der Waals surface area contributed by atoms with E-state index in [-0.39, 0.29) is 11.3 Å². The van der Waals surface area contributed by atoms with Crippen molar-refractivity contribution >= 4 is 22.6 Å². The molecule has 4 aromatic heterocycles. The quantitative estimate of drug-likeness (QED) is 0.358. The van der Waals surface area contributed by atoms with Crippen LogP contribution in [0.3, 0.4) is 0 Å². The minimum absolute atomic E-state index is 0.227. The van der Waals surface area contributed by atoms with Crippen LogP contribution >= 0.6 is 11.6 Å². The molecule has 9 heteroatoms. The molecule has 0 N–H and O–H groups in total. The topological polar surface area (TPSA) is 89.4 Å². The average Bonchev–Trinajstić information content (AvgIpc) is 3.37. The van der Waals surface area contributed by atoms with Gasteiger partial charge in [0.2, 0.25) is 0 Å². The van der Waals surface area contributed by atoms with Crippen molar-refractivity contribution in [3.63, 3.8) is 0 Å². The van der Waals surface area contributed by atoms with Crippen LogP contribution in [-0.2, 0) is 14.1 Å². The van der Waals surface area contributed by atoms with Crippen molar-refractivity contribution in [3.8, 4) is 17.3 Å². The molecular weight excluding hydrogens is 467 g/mol. The van der Waals surface area contributed by atoms with E-state index < -0.39 is 6.17 Å². The number of imidazole rings is 1. The maximum atomic E-state index is 15.1. The number of halogens is 2. The number of aryl methyl sites for hydroxylation is 2. The van der Waals surface area contributed by atoms with Gasteiger partial charge in [-0.05, 0) is 35.9 Å². The Labute approximate surface area is 205 Å². The summed E-state index contributed by atoms with van der Waals surface area (Å²) in [6, 6.07) is 16.5. The third kappa shape index (κ3) is 5.26. The number of alkyl halides is 1. The van der Waals surface area contributed by atoms with E-state index >= 15 is 4.39 Å². The molecule has 35 heavy (non-hydrogen) atoms. The lowest BCUT2D eigenvalue weighted by atomic mass is 10.0. The normalized spacial score (nSPS) is 11.4. The van der Waals surface area contributed by atoms with Crippen molar-refractivity contribution in [3.05, 3.63) is 112 Å². The molecule has 7 nitrogen and oxygen atoms in total. The van der Waals surface area contributed by atoms with Gasteiger partial charge in [0.05, 0.1) is 12.0 Å². The van der Waals surface area contributed by atoms with E-state index in [1.165, 1.54) is 16.8 Å². The summed E-state index contributed by atoms with van der Waals surface area (Å²) in [5.74, 6) is 0. The molecule has 1 atom stereocenters. The number of pyridine rings is 3. The van der Waals surface area contributed by atoms with Crippen molar-refractivity contribution in [1.29, 1.82) is 5.26 Å². The van der Waals surface area contributed by atoms with Gasteiger partial charge in [-0.3, -0.25) is 9.36 Å². The Morgan fingerprint density at radius 1 is 1.09 bits per heavy atom. The van der Waals surface area contributed by atoms with E-state index in [2.05, 4.69) is 15.0 Å². The summed E-state index contributed by atoms with van der Waals surface area (Å²) in [5, 5.41) is 10.2. The first-order valence-electron chi connectivity index (χ1n) is 10.6. The molecule has 0 fully saturated rings. The molecule has 1 unspecified atom stereocenters. The Bertz CT molecular complexity index is 1570. The molecule has 0 saturated carbocycles. The molecule has 0 aliphatic carbocycles. The van der Waals surface area contributed by atoms with Gasteiger partial charge in [0.25, 0.3) is 5.56 Å². The van der Waals surface area contributed by atoms with Gasteiger partial charge in [0.1, 0.15) is 17.4 Å². The summed E-state index contributed by atoms with van der Waals surface area (Å²) in [6.45, 7) is 0. The largest absolute Gasteiger partial charge is 0.341 e. The standard InChI is InChI=1S/C22H14ClFN4O.C4H6N2/c1-28-20(29)10-17(19-4-2-3-16(11-25)27-19)18-9-14(12-26-22(18)28)21(24)13-5-7-15(23)8-6-13;1-6-3-2-5-4-6/h2-10,12,21H,1H3;2-4H,1H3. The van der Waals surface area contributed by atoms with Crippen LogP contribution in [-0.4, -0.2) is 24.1 Å². The zero-order valence-electron chi connectivity index (χ0n) is 18.9. The van der Waals surface area contributed by atoms with Crippen molar-refractivity contribution in [2.75, 3.05) is 0 Å². The van der Waals surface area contributed by atoms with Gasteiger partial charge in [-0.1, -0.05) is 29.8 Å². The first-order valence-corrected chi connectivity index (χ1v) is 10.9. The first kappa shape index (κ1) is 23.8. The lowest BCUT2D eigenvalue weighted by Gasteiger charge is -2.13. The van der Waals surface area contributed by atoms with E-state index in [4.69, 9.17) is 16.9 Å². The molecule has 0 bridgehead atoms. The highest BCUT2D eigenvalue weighted by molar-refractivity contribution is 6.30. The minimum Gasteiger partial charge on any atom is -0.341 e. The van der Waals surface area contributed by atoms with Gasteiger partial charge in [-0.15, -0.1) is 0 Å². The van der Waals surface area contributed by atoms with Crippen molar-refractivity contribution in [2.24, 2.45) is 14.1 Å². The maximum absolute atomic E-state index is 15.1. The number of nitriles is 1. The van der Waals surface area contributed by atoms with Crippen molar-refractivity contribution < 1.29 is 4.39 Å². The Balaban J connectivity index is 0.000000421. The number of hydrogen-bond acceptors (Lipinski definition) is 5. The summed E-state index contributed by atoms with van der Waals surface area (Å²) in [5.41, 5.74) is 2.10. The molecule has 0 saturated heterocycles. The molecule has 0 spiro atoms. The highest BCUT2D eigenvalue weighted by Crippen LogP contribution is 2.31. The van der Waals surface area contributed by atoms with Gasteiger partial charge in [0.15, 0.2) is 6.17 Å². The summed E-state index contributed by atoms with van der Waals surface area (Å²) in [7, 11) is 3.54. The monoisotopic (exact) mass is 486 g/mol. The second-order valence-corrected chi connectivity index (χ2v) is 8.19. The molecule has 1 aromatic carbocycles. The van der Waals surface area contributed by atoms with E-state index in [0.717, 1.165) is 0 Å². The zero-order chi connectivity index (χ0) is 24.9. The molecule has 0 amide bonds. The fourth-order valence-corrected chi connectivity index (χ4v) is 3.62. The molecule has 0 aliphatic heterocycles. The minimum atomic E-state index is -1.41. The van der Waals surface area contributed by atoms with Gasteiger partial charge in [0, 0.05) is 60.3 Å². The molecule has 174 valence electrons. The second kappa shape index (κ2) is 10.3. The molecule has 0 aliphatic rings.